The van der Waals surface area contributed by atoms with Crippen LogP contribution in [0.5, 0.6) is 5.75 Å². The van der Waals surface area contributed by atoms with Gasteiger partial charge in [0.25, 0.3) is 0 Å². The maximum Gasteiger partial charge on any atom is 0.170 e. The van der Waals surface area contributed by atoms with Crippen molar-refractivity contribution < 1.29 is 4.74 Å². The van der Waals surface area contributed by atoms with Crippen LogP contribution >= 0.6 is 23.3 Å². The molecule has 0 fully saturated rings. The number of ether oxygens (including phenoxy) is 1. The molecule has 0 aliphatic heterocycles. The van der Waals surface area contributed by atoms with Crippen LogP contribution in [0.2, 0.25) is 0 Å². The SMILES string of the molecule is Cc1nsc(SCCCOc2ccccc2N)n1. The standard InChI is InChI=1S/C12H15N3OS2/c1-9-14-12(18-15-9)17-8-4-7-16-11-6-3-2-5-10(11)13/h2-3,5-6H,4,7-8,13H2,1H3. The molecule has 0 aliphatic rings. The summed E-state index contributed by atoms with van der Waals surface area (Å²) in [4.78, 5) is 4.29. The van der Waals surface area contributed by atoms with Gasteiger partial charge in [0.2, 0.25) is 0 Å². The molecule has 0 bridgehead atoms. The Bertz CT molecular complexity index is 502. The zero-order valence-corrected chi connectivity index (χ0v) is 11.8. The lowest BCUT2D eigenvalue weighted by Gasteiger charge is -2.07. The lowest BCUT2D eigenvalue weighted by atomic mass is 10.3. The van der Waals surface area contributed by atoms with E-state index in [0.29, 0.717) is 12.3 Å². The fourth-order valence-electron chi connectivity index (χ4n) is 1.35. The second-order valence-electron chi connectivity index (χ2n) is 3.70. The van der Waals surface area contributed by atoms with Gasteiger partial charge in [-0.2, -0.15) is 4.37 Å². The van der Waals surface area contributed by atoms with E-state index in [9.17, 15) is 0 Å². The summed E-state index contributed by atoms with van der Waals surface area (Å²) in [6.07, 6.45) is 0.956. The first-order valence-corrected chi connectivity index (χ1v) is 7.42. The van der Waals surface area contributed by atoms with Gasteiger partial charge in [-0.1, -0.05) is 23.9 Å². The number of nitrogens with two attached hydrogens (primary N) is 1. The van der Waals surface area contributed by atoms with E-state index in [-0.39, 0.29) is 0 Å². The van der Waals surface area contributed by atoms with E-state index in [4.69, 9.17) is 10.5 Å². The lowest BCUT2D eigenvalue weighted by molar-refractivity contribution is 0.320. The van der Waals surface area contributed by atoms with Crippen LogP contribution in [0.1, 0.15) is 12.2 Å². The molecule has 6 heteroatoms. The maximum atomic E-state index is 5.78. The monoisotopic (exact) mass is 281 g/mol. The molecule has 4 nitrogen and oxygen atoms in total. The van der Waals surface area contributed by atoms with Gasteiger partial charge in [-0.15, -0.1) is 0 Å². The van der Waals surface area contributed by atoms with Gasteiger partial charge in [0.15, 0.2) is 4.34 Å². The van der Waals surface area contributed by atoms with Crippen LogP contribution in [0.15, 0.2) is 28.6 Å². The smallest absolute Gasteiger partial charge is 0.170 e. The first kappa shape index (κ1) is 13.2. The van der Waals surface area contributed by atoms with Gasteiger partial charge in [-0.05, 0) is 37.0 Å². The number of para-hydroxylation sites is 2. The Balaban J connectivity index is 1.66. The molecule has 1 heterocycles. The number of rotatable bonds is 6. The summed E-state index contributed by atoms with van der Waals surface area (Å²) in [7, 11) is 0. The summed E-state index contributed by atoms with van der Waals surface area (Å²) in [5.41, 5.74) is 6.47. The van der Waals surface area contributed by atoms with Crippen molar-refractivity contribution in [3.8, 4) is 5.75 Å². The maximum absolute atomic E-state index is 5.78. The molecular weight excluding hydrogens is 266 g/mol. The largest absolute Gasteiger partial charge is 0.491 e. The highest BCUT2D eigenvalue weighted by molar-refractivity contribution is 8.00. The predicted molar refractivity (Wildman–Crippen MR) is 76.3 cm³/mol. The molecule has 0 unspecified atom stereocenters. The predicted octanol–water partition coefficient (Wildman–Crippen LogP) is 2.99. The fraction of sp³-hybridized carbons (Fsp3) is 0.333. The molecule has 1 aromatic carbocycles. The molecule has 0 saturated carbocycles. The van der Waals surface area contributed by atoms with Crippen LogP contribution in [0.3, 0.4) is 0 Å². The van der Waals surface area contributed by atoms with Gasteiger partial charge in [0.05, 0.1) is 12.3 Å². The topological polar surface area (TPSA) is 61.0 Å². The van der Waals surface area contributed by atoms with Crippen molar-refractivity contribution in [1.29, 1.82) is 0 Å². The van der Waals surface area contributed by atoms with E-state index in [1.165, 1.54) is 11.5 Å². The van der Waals surface area contributed by atoms with Gasteiger partial charge in [-0.25, -0.2) is 4.98 Å². The quantitative estimate of drug-likeness (QED) is 0.501. The summed E-state index contributed by atoms with van der Waals surface area (Å²) in [5.74, 6) is 2.58. The molecule has 96 valence electrons. The summed E-state index contributed by atoms with van der Waals surface area (Å²) in [5, 5.41) is 0. The summed E-state index contributed by atoms with van der Waals surface area (Å²) in [6.45, 7) is 2.57. The number of nitrogens with zero attached hydrogens (tertiary/aromatic N) is 2. The summed E-state index contributed by atoms with van der Waals surface area (Å²) < 4.78 is 10.8. The van der Waals surface area contributed by atoms with Crippen LogP contribution in [-0.4, -0.2) is 21.7 Å². The number of hydrogen-bond donors (Lipinski definition) is 1. The van der Waals surface area contributed by atoms with Crippen molar-refractivity contribution in [3.63, 3.8) is 0 Å². The van der Waals surface area contributed by atoms with Crippen molar-refractivity contribution in [2.45, 2.75) is 17.7 Å². The second-order valence-corrected chi connectivity index (χ2v) is 5.79. The highest BCUT2D eigenvalue weighted by Gasteiger charge is 2.01. The molecule has 18 heavy (non-hydrogen) atoms. The highest BCUT2D eigenvalue weighted by Crippen LogP contribution is 2.22. The molecule has 0 atom stereocenters. The molecule has 1 aromatic heterocycles. The summed E-state index contributed by atoms with van der Waals surface area (Å²) in [6, 6.07) is 7.55. The van der Waals surface area contributed by atoms with Gasteiger partial charge >= 0.3 is 0 Å². The van der Waals surface area contributed by atoms with Gasteiger partial charge in [-0.3, -0.25) is 0 Å². The normalized spacial score (nSPS) is 10.5. The van der Waals surface area contributed by atoms with Crippen molar-refractivity contribution in [3.05, 3.63) is 30.1 Å². The minimum Gasteiger partial charge on any atom is -0.491 e. The Morgan fingerprint density at radius 2 is 2.22 bits per heavy atom. The molecular formula is C12H15N3OS2. The minimum atomic E-state index is 0.666. The van der Waals surface area contributed by atoms with Crippen LogP contribution < -0.4 is 10.5 Å². The van der Waals surface area contributed by atoms with Gasteiger partial charge in [0, 0.05) is 5.75 Å². The molecule has 0 radical (unpaired) electrons. The van der Waals surface area contributed by atoms with Crippen LogP contribution in [0.4, 0.5) is 5.69 Å². The number of benzene rings is 1. The number of nitrogen functional groups attached to an aromatic ring is 1. The number of anilines is 1. The molecule has 0 amide bonds. The van der Waals surface area contributed by atoms with Crippen LogP contribution in [0, 0.1) is 6.92 Å². The molecule has 0 saturated heterocycles. The van der Waals surface area contributed by atoms with Crippen molar-refractivity contribution >= 4 is 29.0 Å². The minimum absolute atomic E-state index is 0.666. The lowest BCUT2D eigenvalue weighted by Crippen LogP contribution is -2.01. The van der Waals surface area contributed by atoms with Crippen molar-refractivity contribution in [2.75, 3.05) is 18.1 Å². The number of aryl methyl sites for hydroxylation is 1. The zero-order chi connectivity index (χ0) is 12.8. The van der Waals surface area contributed by atoms with E-state index < -0.39 is 0 Å². The van der Waals surface area contributed by atoms with Crippen molar-refractivity contribution in [2.24, 2.45) is 0 Å². The first-order chi connectivity index (χ1) is 8.75. The Morgan fingerprint density at radius 3 is 2.94 bits per heavy atom. The molecule has 0 spiro atoms. The molecule has 2 rings (SSSR count). The average molecular weight is 281 g/mol. The highest BCUT2D eigenvalue weighted by atomic mass is 32.2. The van der Waals surface area contributed by atoms with Crippen LogP contribution in [-0.2, 0) is 0 Å². The third-order valence-electron chi connectivity index (χ3n) is 2.20. The van der Waals surface area contributed by atoms with E-state index in [2.05, 4.69) is 9.36 Å². The number of hydrogen-bond acceptors (Lipinski definition) is 6. The third-order valence-corrected chi connectivity index (χ3v) is 4.21. The molecule has 2 N–H and O–H groups in total. The Morgan fingerprint density at radius 1 is 1.39 bits per heavy atom. The first-order valence-electron chi connectivity index (χ1n) is 5.66. The van der Waals surface area contributed by atoms with E-state index in [0.717, 1.165) is 28.1 Å². The Kier molecular flexibility index (Phi) is 4.83. The number of aromatic nitrogens is 2. The van der Waals surface area contributed by atoms with Gasteiger partial charge < -0.3 is 10.5 Å². The average Bonchev–Trinajstić information content (AvgIpc) is 2.77. The third kappa shape index (κ3) is 3.89. The van der Waals surface area contributed by atoms with Crippen LogP contribution in [0.25, 0.3) is 0 Å². The second kappa shape index (κ2) is 6.61. The molecule has 0 aliphatic carbocycles. The Hall–Kier alpha value is -1.27. The fourth-order valence-corrected chi connectivity index (χ4v) is 2.98. The zero-order valence-electron chi connectivity index (χ0n) is 10.1. The van der Waals surface area contributed by atoms with E-state index >= 15 is 0 Å². The summed E-state index contributed by atoms with van der Waals surface area (Å²) >= 11 is 3.16. The van der Waals surface area contributed by atoms with E-state index in [1.54, 1.807) is 11.8 Å². The number of thioether (sulfide) groups is 1. The van der Waals surface area contributed by atoms with Crippen molar-refractivity contribution in [1.82, 2.24) is 9.36 Å². The Labute approximate surface area is 115 Å². The van der Waals surface area contributed by atoms with Gasteiger partial charge in [0.1, 0.15) is 11.6 Å². The molecule has 2 aromatic rings. The van der Waals surface area contributed by atoms with E-state index in [1.807, 2.05) is 31.2 Å².